The molecule has 0 aliphatic heterocycles. The number of benzene rings is 1. The molecule has 0 radical (unpaired) electrons. The maximum absolute atomic E-state index is 14.2. The fourth-order valence-corrected chi connectivity index (χ4v) is 2.24. The second-order valence-corrected chi connectivity index (χ2v) is 4.94. The van der Waals surface area contributed by atoms with Crippen LogP contribution in [0.15, 0.2) is 6.07 Å². The molecule has 5 nitrogen and oxygen atoms in total. The molecule has 1 rings (SSSR count). The van der Waals surface area contributed by atoms with E-state index < -0.39 is 29.3 Å². The van der Waals surface area contributed by atoms with Crippen molar-refractivity contribution in [1.82, 2.24) is 0 Å². The van der Waals surface area contributed by atoms with E-state index >= 15 is 0 Å². The van der Waals surface area contributed by atoms with Gasteiger partial charge in [-0.3, -0.25) is 10.1 Å². The van der Waals surface area contributed by atoms with Gasteiger partial charge in [0.05, 0.1) is 23.7 Å². The minimum Gasteiger partial charge on any atom is -0.493 e. The molecule has 0 aliphatic rings. The summed E-state index contributed by atoms with van der Waals surface area (Å²) in [5.74, 6) is -1.32. The average molecular weight is 306 g/mol. The SMILES string of the molecule is CCOc1c(C(C)O)cc(Cl)c(F)c1C(C)C[N+](=O)[O-]. The molecule has 0 aromatic heterocycles. The first-order chi connectivity index (χ1) is 9.29. The highest BCUT2D eigenvalue weighted by Crippen LogP contribution is 2.39. The molecule has 1 N–H and O–H groups in total. The van der Waals surface area contributed by atoms with Crippen molar-refractivity contribution in [2.75, 3.05) is 13.2 Å². The lowest BCUT2D eigenvalue weighted by atomic mass is 9.95. The Morgan fingerprint density at radius 2 is 2.15 bits per heavy atom. The molecule has 0 fully saturated rings. The van der Waals surface area contributed by atoms with Gasteiger partial charge < -0.3 is 9.84 Å². The molecule has 0 saturated carbocycles. The lowest BCUT2D eigenvalue weighted by Gasteiger charge is -2.20. The molecule has 7 heteroatoms. The second-order valence-electron chi connectivity index (χ2n) is 4.53. The summed E-state index contributed by atoms with van der Waals surface area (Å²) in [4.78, 5) is 10.1. The number of halogens is 2. The summed E-state index contributed by atoms with van der Waals surface area (Å²) in [6, 6.07) is 1.29. The molecule has 0 heterocycles. The number of ether oxygens (including phenoxy) is 1. The minimum atomic E-state index is -0.920. The van der Waals surface area contributed by atoms with E-state index in [1.807, 2.05) is 0 Å². The van der Waals surface area contributed by atoms with Crippen LogP contribution < -0.4 is 4.74 Å². The molecule has 1 aromatic rings. The largest absolute Gasteiger partial charge is 0.493 e. The van der Waals surface area contributed by atoms with E-state index in [0.717, 1.165) is 0 Å². The average Bonchev–Trinajstić information content (AvgIpc) is 2.32. The number of aliphatic hydroxyl groups is 1. The minimum absolute atomic E-state index is 0.0342. The third kappa shape index (κ3) is 3.58. The van der Waals surface area contributed by atoms with E-state index in [4.69, 9.17) is 16.3 Å². The molecule has 2 unspecified atom stereocenters. The molecule has 2 atom stereocenters. The lowest BCUT2D eigenvalue weighted by molar-refractivity contribution is -0.482. The summed E-state index contributed by atoms with van der Waals surface area (Å²) >= 11 is 5.80. The zero-order valence-corrected chi connectivity index (χ0v) is 12.3. The van der Waals surface area contributed by atoms with Crippen LogP contribution >= 0.6 is 11.6 Å². The van der Waals surface area contributed by atoms with Crippen LogP contribution in [0.4, 0.5) is 4.39 Å². The van der Waals surface area contributed by atoms with Crippen LogP contribution in [0.25, 0.3) is 0 Å². The van der Waals surface area contributed by atoms with Crippen LogP contribution in [0.3, 0.4) is 0 Å². The highest BCUT2D eigenvalue weighted by Gasteiger charge is 2.27. The van der Waals surface area contributed by atoms with E-state index in [1.165, 1.54) is 19.9 Å². The van der Waals surface area contributed by atoms with Crippen LogP contribution in [0.2, 0.25) is 5.02 Å². The first-order valence-corrected chi connectivity index (χ1v) is 6.61. The fourth-order valence-electron chi connectivity index (χ4n) is 2.02. The zero-order chi connectivity index (χ0) is 15.4. The number of nitrogens with zero attached hydrogens (tertiary/aromatic N) is 1. The van der Waals surface area contributed by atoms with Crippen molar-refractivity contribution < 1.29 is 19.2 Å². The van der Waals surface area contributed by atoms with Crippen LogP contribution in [0, 0.1) is 15.9 Å². The number of nitro groups is 1. The van der Waals surface area contributed by atoms with Gasteiger partial charge in [0.1, 0.15) is 11.6 Å². The van der Waals surface area contributed by atoms with Gasteiger partial charge in [0.25, 0.3) is 0 Å². The van der Waals surface area contributed by atoms with Crippen molar-refractivity contribution in [3.8, 4) is 5.75 Å². The van der Waals surface area contributed by atoms with E-state index in [0.29, 0.717) is 5.56 Å². The molecule has 0 saturated heterocycles. The molecule has 0 bridgehead atoms. The fraction of sp³-hybridized carbons (Fsp3) is 0.538. The van der Waals surface area contributed by atoms with Gasteiger partial charge in [-0.25, -0.2) is 4.39 Å². The van der Waals surface area contributed by atoms with Gasteiger partial charge >= 0.3 is 0 Å². The summed E-state index contributed by atoms with van der Waals surface area (Å²) < 4.78 is 19.6. The predicted octanol–water partition coefficient (Wildman–Crippen LogP) is 3.31. The zero-order valence-electron chi connectivity index (χ0n) is 11.5. The highest BCUT2D eigenvalue weighted by atomic mass is 35.5. The third-order valence-electron chi connectivity index (χ3n) is 2.89. The van der Waals surface area contributed by atoms with E-state index in [9.17, 15) is 19.6 Å². The van der Waals surface area contributed by atoms with Crippen molar-refractivity contribution in [2.45, 2.75) is 32.8 Å². The van der Waals surface area contributed by atoms with Gasteiger partial charge in [-0.05, 0) is 19.9 Å². The van der Waals surface area contributed by atoms with Crippen LogP contribution in [0.5, 0.6) is 5.75 Å². The predicted molar refractivity (Wildman–Crippen MR) is 73.5 cm³/mol. The smallest absolute Gasteiger partial charge is 0.210 e. The summed E-state index contributed by atoms with van der Waals surface area (Å²) in [6.45, 7) is 4.52. The third-order valence-corrected chi connectivity index (χ3v) is 3.16. The van der Waals surface area contributed by atoms with Crippen molar-refractivity contribution in [1.29, 1.82) is 0 Å². The van der Waals surface area contributed by atoms with Crippen molar-refractivity contribution >= 4 is 11.6 Å². The first-order valence-electron chi connectivity index (χ1n) is 6.24. The number of aliphatic hydroxyl groups excluding tert-OH is 1. The maximum atomic E-state index is 14.2. The number of rotatable bonds is 6. The Morgan fingerprint density at radius 1 is 1.55 bits per heavy atom. The van der Waals surface area contributed by atoms with Gasteiger partial charge in [-0.1, -0.05) is 18.5 Å². The van der Waals surface area contributed by atoms with Crippen LogP contribution in [0.1, 0.15) is 43.9 Å². The van der Waals surface area contributed by atoms with Gasteiger partial charge in [0.15, 0.2) is 0 Å². The van der Waals surface area contributed by atoms with E-state index in [1.54, 1.807) is 6.92 Å². The second kappa shape index (κ2) is 6.85. The molecule has 20 heavy (non-hydrogen) atoms. The Hall–Kier alpha value is -1.40. The monoisotopic (exact) mass is 305 g/mol. The molecule has 0 spiro atoms. The molecule has 0 amide bonds. The lowest BCUT2D eigenvalue weighted by Crippen LogP contribution is -2.14. The topological polar surface area (TPSA) is 72.6 Å². The maximum Gasteiger partial charge on any atom is 0.210 e. The van der Waals surface area contributed by atoms with E-state index in [2.05, 4.69) is 0 Å². The summed E-state index contributed by atoms with van der Waals surface area (Å²) in [6.07, 6.45) is -0.920. The summed E-state index contributed by atoms with van der Waals surface area (Å²) in [7, 11) is 0. The molecule has 1 aromatic carbocycles. The molecule has 112 valence electrons. The summed E-state index contributed by atoms with van der Waals surface area (Å²) in [5.41, 5.74) is 0.357. The van der Waals surface area contributed by atoms with Crippen LogP contribution in [-0.4, -0.2) is 23.2 Å². The Labute approximate surface area is 121 Å². The van der Waals surface area contributed by atoms with Gasteiger partial charge in [-0.15, -0.1) is 0 Å². The Bertz CT molecular complexity index is 508. The van der Waals surface area contributed by atoms with Crippen molar-refractivity contribution in [3.05, 3.63) is 38.1 Å². The Balaban J connectivity index is 3.47. The standard InChI is InChI=1S/C13H17ClFNO4/c1-4-20-13-9(8(3)17)5-10(14)12(15)11(13)7(2)6-16(18)19/h5,7-8,17H,4,6H2,1-3H3. The summed E-state index contributed by atoms with van der Waals surface area (Å²) in [5, 5.41) is 20.2. The van der Waals surface area contributed by atoms with Crippen molar-refractivity contribution in [2.24, 2.45) is 0 Å². The quantitative estimate of drug-likeness (QED) is 0.646. The Kier molecular flexibility index (Phi) is 5.71. The van der Waals surface area contributed by atoms with Gasteiger partial charge in [-0.2, -0.15) is 0 Å². The Morgan fingerprint density at radius 3 is 2.60 bits per heavy atom. The number of hydrogen-bond donors (Lipinski definition) is 1. The van der Waals surface area contributed by atoms with Gasteiger partial charge in [0, 0.05) is 16.1 Å². The molecular formula is C13H17ClFNO4. The number of hydrogen-bond acceptors (Lipinski definition) is 4. The van der Waals surface area contributed by atoms with Gasteiger partial charge in [0.2, 0.25) is 6.54 Å². The molecular weight excluding hydrogens is 289 g/mol. The van der Waals surface area contributed by atoms with Crippen molar-refractivity contribution in [3.63, 3.8) is 0 Å². The normalized spacial score (nSPS) is 13.9. The van der Waals surface area contributed by atoms with E-state index in [-0.39, 0.29) is 22.9 Å². The first kappa shape index (κ1) is 16.7. The van der Waals surface area contributed by atoms with Crippen LogP contribution in [-0.2, 0) is 0 Å². The highest BCUT2D eigenvalue weighted by molar-refractivity contribution is 6.31. The molecule has 0 aliphatic carbocycles.